The highest BCUT2D eigenvalue weighted by Crippen LogP contribution is 2.16. The molecule has 2 atom stereocenters. The second-order valence-electron chi connectivity index (χ2n) is 5.31. The number of hydrogen-bond acceptors (Lipinski definition) is 3. The Labute approximate surface area is 115 Å². The lowest BCUT2D eigenvalue weighted by molar-refractivity contribution is 0.394. The summed E-state index contributed by atoms with van der Waals surface area (Å²) in [6, 6.07) is 12.7. The van der Waals surface area contributed by atoms with E-state index in [1.165, 1.54) is 11.8 Å². The van der Waals surface area contributed by atoms with Gasteiger partial charge in [0.15, 0.2) is 0 Å². The van der Waals surface area contributed by atoms with Crippen LogP contribution >= 0.6 is 0 Å². The molecule has 2 unspecified atom stereocenters. The summed E-state index contributed by atoms with van der Waals surface area (Å²) in [6.07, 6.45) is 3.15. The third-order valence-electron chi connectivity index (χ3n) is 3.73. The van der Waals surface area contributed by atoms with Crippen LogP contribution in [0.2, 0.25) is 0 Å². The second kappa shape index (κ2) is 6.64. The van der Waals surface area contributed by atoms with Crippen LogP contribution in [0.25, 0.3) is 10.9 Å². The number of nitrogens with one attached hydrogen (secondary N) is 1. The number of hydrazine groups is 1. The molecule has 0 aliphatic carbocycles. The van der Waals surface area contributed by atoms with Crippen LogP contribution in [0.1, 0.15) is 32.4 Å². The first-order valence-electron chi connectivity index (χ1n) is 7.03. The van der Waals surface area contributed by atoms with Crippen molar-refractivity contribution in [3.63, 3.8) is 0 Å². The number of rotatable bonds is 6. The van der Waals surface area contributed by atoms with Gasteiger partial charge in [0.1, 0.15) is 0 Å². The Morgan fingerprint density at radius 2 is 2.00 bits per heavy atom. The molecule has 0 amide bonds. The Balaban J connectivity index is 2.10. The Morgan fingerprint density at radius 3 is 2.74 bits per heavy atom. The number of fused-ring (bicyclic) bond motifs is 1. The minimum Gasteiger partial charge on any atom is -0.271 e. The molecule has 0 fully saturated rings. The molecule has 19 heavy (non-hydrogen) atoms. The van der Waals surface area contributed by atoms with E-state index in [4.69, 9.17) is 10.8 Å². The van der Waals surface area contributed by atoms with Gasteiger partial charge >= 0.3 is 0 Å². The lowest BCUT2D eigenvalue weighted by Crippen LogP contribution is -2.38. The van der Waals surface area contributed by atoms with Gasteiger partial charge < -0.3 is 0 Å². The van der Waals surface area contributed by atoms with E-state index in [2.05, 4.69) is 43.5 Å². The number of hydrogen-bond donors (Lipinski definition) is 2. The van der Waals surface area contributed by atoms with Crippen LogP contribution in [-0.4, -0.2) is 11.0 Å². The minimum absolute atomic E-state index is 0.295. The van der Waals surface area contributed by atoms with Gasteiger partial charge in [0.25, 0.3) is 0 Å². The van der Waals surface area contributed by atoms with E-state index < -0.39 is 0 Å². The monoisotopic (exact) mass is 257 g/mol. The molecule has 2 aromatic rings. The lowest BCUT2D eigenvalue weighted by Gasteiger charge is -2.19. The van der Waals surface area contributed by atoms with Gasteiger partial charge in [0, 0.05) is 23.5 Å². The molecular weight excluding hydrogens is 234 g/mol. The molecule has 1 heterocycles. The number of aromatic nitrogens is 1. The van der Waals surface area contributed by atoms with E-state index in [-0.39, 0.29) is 0 Å². The molecule has 0 spiro atoms. The third kappa shape index (κ3) is 3.75. The molecule has 0 radical (unpaired) electrons. The second-order valence-corrected chi connectivity index (χ2v) is 5.31. The summed E-state index contributed by atoms with van der Waals surface area (Å²) in [5.74, 6) is 6.34. The number of benzene rings is 1. The van der Waals surface area contributed by atoms with Crippen LogP contribution in [-0.2, 0) is 6.42 Å². The van der Waals surface area contributed by atoms with Crippen LogP contribution in [0.4, 0.5) is 0 Å². The molecule has 102 valence electrons. The zero-order valence-electron chi connectivity index (χ0n) is 11.8. The number of pyridine rings is 1. The molecule has 1 aromatic carbocycles. The van der Waals surface area contributed by atoms with Gasteiger partial charge in [0.2, 0.25) is 0 Å². The number of nitrogens with zero attached hydrogens (tertiary/aromatic N) is 1. The van der Waals surface area contributed by atoms with Crippen LogP contribution in [0.3, 0.4) is 0 Å². The lowest BCUT2D eigenvalue weighted by atomic mass is 9.96. The van der Waals surface area contributed by atoms with Crippen molar-refractivity contribution in [3.8, 4) is 0 Å². The predicted octanol–water partition coefficient (Wildman–Crippen LogP) is 3.05. The van der Waals surface area contributed by atoms with Crippen molar-refractivity contribution in [2.45, 2.75) is 39.2 Å². The average Bonchev–Trinajstić information content (AvgIpc) is 2.46. The maximum absolute atomic E-state index is 5.66. The van der Waals surface area contributed by atoms with Gasteiger partial charge in [-0.05, 0) is 24.5 Å². The highest BCUT2D eigenvalue weighted by atomic mass is 15.2. The van der Waals surface area contributed by atoms with Gasteiger partial charge in [-0.3, -0.25) is 16.3 Å². The summed E-state index contributed by atoms with van der Waals surface area (Å²) in [5.41, 5.74) is 5.08. The first kappa shape index (κ1) is 14.0. The molecular formula is C16H23N3. The van der Waals surface area contributed by atoms with Gasteiger partial charge in [-0.15, -0.1) is 0 Å². The molecule has 3 nitrogen and oxygen atoms in total. The Hall–Kier alpha value is -1.45. The van der Waals surface area contributed by atoms with E-state index in [0.29, 0.717) is 12.0 Å². The van der Waals surface area contributed by atoms with Gasteiger partial charge in [-0.25, -0.2) is 0 Å². The summed E-state index contributed by atoms with van der Waals surface area (Å²) in [5, 5.41) is 1.19. The molecule has 0 aliphatic rings. The maximum atomic E-state index is 5.66. The zero-order valence-corrected chi connectivity index (χ0v) is 11.8. The molecule has 3 heteroatoms. The fourth-order valence-corrected chi connectivity index (χ4v) is 2.34. The molecule has 0 saturated carbocycles. The topological polar surface area (TPSA) is 50.9 Å². The van der Waals surface area contributed by atoms with Crippen LogP contribution in [0.5, 0.6) is 0 Å². The fraction of sp³-hybridized carbons (Fsp3) is 0.438. The average molecular weight is 257 g/mol. The quantitative estimate of drug-likeness (QED) is 0.617. The van der Waals surface area contributed by atoms with Crippen molar-refractivity contribution < 1.29 is 0 Å². The normalized spacial score (nSPS) is 14.5. The van der Waals surface area contributed by atoms with E-state index in [0.717, 1.165) is 24.1 Å². The molecule has 2 rings (SSSR count). The fourth-order valence-electron chi connectivity index (χ4n) is 2.34. The smallest absolute Gasteiger partial charge is 0.0705 e. The Bertz CT molecular complexity index is 524. The molecule has 0 bridgehead atoms. The van der Waals surface area contributed by atoms with Crippen LogP contribution in [0, 0.1) is 5.92 Å². The van der Waals surface area contributed by atoms with Crippen molar-refractivity contribution in [2.24, 2.45) is 11.8 Å². The summed E-state index contributed by atoms with van der Waals surface area (Å²) in [6.45, 7) is 4.48. The SMILES string of the molecule is CCC(C)CC(Cc1ccc2ccccc2n1)NN. The maximum Gasteiger partial charge on any atom is 0.0705 e. The largest absolute Gasteiger partial charge is 0.271 e. The standard InChI is InChI=1S/C16H23N3/c1-3-12(2)10-15(19-17)11-14-9-8-13-6-4-5-7-16(13)18-14/h4-9,12,15,19H,3,10-11,17H2,1-2H3. The van der Waals surface area contributed by atoms with Gasteiger partial charge in [-0.2, -0.15) is 0 Å². The van der Waals surface area contributed by atoms with Crippen molar-refractivity contribution in [3.05, 3.63) is 42.1 Å². The van der Waals surface area contributed by atoms with Crippen molar-refractivity contribution in [1.29, 1.82) is 0 Å². The summed E-state index contributed by atoms with van der Waals surface area (Å²) in [7, 11) is 0. The first-order chi connectivity index (χ1) is 9.22. The molecule has 0 aliphatic heterocycles. The highest BCUT2D eigenvalue weighted by molar-refractivity contribution is 5.78. The van der Waals surface area contributed by atoms with Crippen LogP contribution < -0.4 is 11.3 Å². The van der Waals surface area contributed by atoms with Crippen molar-refractivity contribution in [2.75, 3.05) is 0 Å². The van der Waals surface area contributed by atoms with E-state index in [1.54, 1.807) is 0 Å². The van der Waals surface area contributed by atoms with Crippen molar-refractivity contribution in [1.82, 2.24) is 10.4 Å². The third-order valence-corrected chi connectivity index (χ3v) is 3.73. The highest BCUT2D eigenvalue weighted by Gasteiger charge is 2.12. The van der Waals surface area contributed by atoms with Crippen molar-refractivity contribution >= 4 is 10.9 Å². The summed E-state index contributed by atoms with van der Waals surface area (Å²) in [4.78, 5) is 4.70. The Morgan fingerprint density at radius 1 is 1.21 bits per heavy atom. The molecule has 0 saturated heterocycles. The molecule has 3 N–H and O–H groups in total. The van der Waals surface area contributed by atoms with Gasteiger partial charge in [-0.1, -0.05) is 44.5 Å². The Kier molecular flexibility index (Phi) is 4.88. The first-order valence-corrected chi connectivity index (χ1v) is 7.03. The van der Waals surface area contributed by atoms with E-state index >= 15 is 0 Å². The number of para-hydroxylation sites is 1. The molecule has 1 aromatic heterocycles. The van der Waals surface area contributed by atoms with E-state index in [9.17, 15) is 0 Å². The summed E-state index contributed by atoms with van der Waals surface area (Å²) >= 11 is 0. The van der Waals surface area contributed by atoms with Crippen LogP contribution in [0.15, 0.2) is 36.4 Å². The minimum atomic E-state index is 0.295. The summed E-state index contributed by atoms with van der Waals surface area (Å²) < 4.78 is 0. The number of nitrogens with two attached hydrogens (primary N) is 1. The zero-order chi connectivity index (χ0) is 13.7. The van der Waals surface area contributed by atoms with E-state index in [1.807, 2.05) is 12.1 Å². The predicted molar refractivity (Wildman–Crippen MR) is 80.6 cm³/mol. The van der Waals surface area contributed by atoms with Gasteiger partial charge in [0.05, 0.1) is 5.52 Å².